The van der Waals surface area contributed by atoms with Gasteiger partial charge in [-0.25, -0.2) is 9.50 Å². The zero-order chi connectivity index (χ0) is 19.8. The number of H-pyrrole nitrogens is 1. The normalized spacial score (nSPS) is 12.4. The predicted molar refractivity (Wildman–Crippen MR) is 108 cm³/mol. The molecule has 28 heavy (non-hydrogen) atoms. The Kier molecular flexibility index (Phi) is 4.50. The van der Waals surface area contributed by atoms with E-state index in [9.17, 15) is 4.79 Å². The average Bonchev–Trinajstić information content (AvgIpc) is 3.25. The number of fused-ring (bicyclic) bond motifs is 1. The molecule has 0 fully saturated rings. The topological polar surface area (TPSA) is 77.2 Å². The summed E-state index contributed by atoms with van der Waals surface area (Å²) in [6.07, 6.45) is 1.78. The van der Waals surface area contributed by atoms with Crippen LogP contribution in [0.3, 0.4) is 0 Å². The third kappa shape index (κ3) is 3.09. The van der Waals surface area contributed by atoms with Crippen molar-refractivity contribution in [2.75, 3.05) is 7.11 Å². The first-order valence-electron chi connectivity index (χ1n) is 9.23. The minimum atomic E-state index is -0.119. The maximum atomic E-state index is 12.7. The number of nitrogens with zero attached hydrogens (tertiary/aromatic N) is 4. The summed E-state index contributed by atoms with van der Waals surface area (Å²) in [5, 5.41) is 7.52. The SMILES string of the molecule is COc1ccc(-c2[nH]n3c(=O)cc([C@@H](C)Cn4nccc4C)nc3c2C)cc1. The first-order chi connectivity index (χ1) is 13.5. The van der Waals surface area contributed by atoms with Crippen molar-refractivity contribution in [3.05, 3.63) is 69.9 Å². The van der Waals surface area contributed by atoms with Crippen molar-refractivity contribution in [2.45, 2.75) is 33.2 Å². The minimum absolute atomic E-state index is 0.0648. The molecule has 7 nitrogen and oxygen atoms in total. The zero-order valence-electron chi connectivity index (χ0n) is 16.4. The zero-order valence-corrected chi connectivity index (χ0v) is 16.4. The fraction of sp³-hybridized carbons (Fsp3) is 0.286. The highest BCUT2D eigenvalue weighted by Gasteiger charge is 2.17. The molecule has 144 valence electrons. The van der Waals surface area contributed by atoms with Gasteiger partial charge in [0, 0.05) is 41.5 Å². The van der Waals surface area contributed by atoms with Crippen LogP contribution in [-0.4, -0.2) is 31.5 Å². The van der Waals surface area contributed by atoms with Crippen LogP contribution in [0.1, 0.15) is 29.8 Å². The Bertz CT molecular complexity index is 1180. The number of aromatic nitrogens is 5. The maximum absolute atomic E-state index is 12.7. The lowest BCUT2D eigenvalue weighted by Crippen LogP contribution is -2.18. The summed E-state index contributed by atoms with van der Waals surface area (Å²) in [6.45, 7) is 6.73. The molecule has 0 spiro atoms. The molecule has 0 amide bonds. The number of ether oxygens (including phenoxy) is 1. The largest absolute Gasteiger partial charge is 0.497 e. The third-order valence-corrected chi connectivity index (χ3v) is 5.13. The van der Waals surface area contributed by atoms with E-state index in [0.717, 1.165) is 34.0 Å². The molecular weight excluding hydrogens is 354 g/mol. The van der Waals surface area contributed by atoms with Gasteiger partial charge in [-0.3, -0.25) is 14.6 Å². The van der Waals surface area contributed by atoms with Crippen molar-refractivity contribution < 1.29 is 4.74 Å². The minimum Gasteiger partial charge on any atom is -0.497 e. The van der Waals surface area contributed by atoms with Crippen molar-refractivity contribution in [1.29, 1.82) is 0 Å². The van der Waals surface area contributed by atoms with E-state index in [0.29, 0.717) is 12.2 Å². The molecule has 1 N–H and O–H groups in total. The molecule has 0 unspecified atom stereocenters. The first kappa shape index (κ1) is 18.0. The Morgan fingerprint density at radius 2 is 1.93 bits per heavy atom. The average molecular weight is 377 g/mol. The molecule has 3 heterocycles. The second-order valence-corrected chi connectivity index (χ2v) is 7.07. The van der Waals surface area contributed by atoms with Gasteiger partial charge in [0.15, 0.2) is 5.65 Å². The molecule has 0 aliphatic rings. The Balaban J connectivity index is 1.74. The van der Waals surface area contributed by atoms with Gasteiger partial charge in [0.05, 0.1) is 18.5 Å². The van der Waals surface area contributed by atoms with Crippen LogP contribution in [0.2, 0.25) is 0 Å². The van der Waals surface area contributed by atoms with E-state index < -0.39 is 0 Å². The lowest BCUT2D eigenvalue weighted by molar-refractivity contribution is 0.415. The molecule has 0 saturated heterocycles. The van der Waals surface area contributed by atoms with Crippen LogP contribution in [-0.2, 0) is 6.54 Å². The van der Waals surface area contributed by atoms with Gasteiger partial charge in [-0.2, -0.15) is 5.10 Å². The number of methoxy groups -OCH3 is 1. The third-order valence-electron chi connectivity index (χ3n) is 5.13. The second kappa shape index (κ2) is 6.99. The molecule has 0 radical (unpaired) electrons. The van der Waals surface area contributed by atoms with Crippen LogP contribution in [0, 0.1) is 13.8 Å². The summed E-state index contributed by atoms with van der Waals surface area (Å²) in [5.41, 5.74) is 5.17. The smallest absolute Gasteiger partial charge is 0.272 e. The summed E-state index contributed by atoms with van der Waals surface area (Å²) >= 11 is 0. The van der Waals surface area contributed by atoms with E-state index in [-0.39, 0.29) is 11.5 Å². The van der Waals surface area contributed by atoms with Crippen LogP contribution in [0.5, 0.6) is 5.75 Å². The van der Waals surface area contributed by atoms with Gasteiger partial charge in [0.25, 0.3) is 5.56 Å². The molecule has 0 saturated carbocycles. The van der Waals surface area contributed by atoms with Crippen LogP contribution >= 0.6 is 0 Å². The second-order valence-electron chi connectivity index (χ2n) is 7.07. The van der Waals surface area contributed by atoms with Crippen LogP contribution in [0.4, 0.5) is 0 Å². The molecule has 0 aliphatic heterocycles. The number of benzene rings is 1. The molecule has 0 aliphatic carbocycles. The predicted octanol–water partition coefficient (Wildman–Crippen LogP) is 3.32. The Morgan fingerprint density at radius 3 is 2.57 bits per heavy atom. The monoisotopic (exact) mass is 377 g/mol. The quantitative estimate of drug-likeness (QED) is 0.579. The maximum Gasteiger partial charge on any atom is 0.272 e. The molecular formula is C21H23N5O2. The fourth-order valence-electron chi connectivity index (χ4n) is 3.40. The fourth-order valence-corrected chi connectivity index (χ4v) is 3.40. The van der Waals surface area contributed by atoms with Gasteiger partial charge in [-0.15, -0.1) is 0 Å². The highest BCUT2D eigenvalue weighted by molar-refractivity contribution is 5.70. The van der Waals surface area contributed by atoms with Crippen LogP contribution < -0.4 is 10.3 Å². The Labute approximate surface area is 162 Å². The van der Waals surface area contributed by atoms with Crippen molar-refractivity contribution in [3.8, 4) is 17.0 Å². The summed E-state index contributed by atoms with van der Waals surface area (Å²) in [5.74, 6) is 0.855. The summed E-state index contributed by atoms with van der Waals surface area (Å²) in [6, 6.07) is 11.3. The highest BCUT2D eigenvalue weighted by Crippen LogP contribution is 2.26. The van der Waals surface area contributed by atoms with Gasteiger partial charge in [-0.05, 0) is 44.2 Å². The lowest BCUT2D eigenvalue weighted by Gasteiger charge is -2.12. The van der Waals surface area contributed by atoms with Crippen LogP contribution in [0.15, 0.2) is 47.4 Å². The summed E-state index contributed by atoms with van der Waals surface area (Å²) < 4.78 is 8.66. The van der Waals surface area contributed by atoms with E-state index in [1.807, 2.05) is 48.9 Å². The number of aryl methyl sites for hydroxylation is 2. The first-order valence-corrected chi connectivity index (χ1v) is 9.23. The van der Waals surface area contributed by atoms with E-state index in [1.54, 1.807) is 19.4 Å². The van der Waals surface area contributed by atoms with E-state index in [2.05, 4.69) is 17.1 Å². The molecule has 4 rings (SSSR count). The number of rotatable bonds is 5. The molecule has 1 aromatic carbocycles. The summed E-state index contributed by atoms with van der Waals surface area (Å²) in [7, 11) is 1.64. The number of aromatic amines is 1. The molecule has 1 atom stereocenters. The van der Waals surface area contributed by atoms with Gasteiger partial charge < -0.3 is 4.74 Å². The van der Waals surface area contributed by atoms with Gasteiger partial charge in [0.1, 0.15) is 5.75 Å². The van der Waals surface area contributed by atoms with Gasteiger partial charge in [-0.1, -0.05) is 6.92 Å². The number of hydrogen-bond donors (Lipinski definition) is 1. The van der Waals surface area contributed by atoms with Gasteiger partial charge >= 0.3 is 0 Å². The molecule has 4 aromatic rings. The van der Waals surface area contributed by atoms with E-state index >= 15 is 0 Å². The van der Waals surface area contributed by atoms with Crippen molar-refractivity contribution >= 4 is 5.65 Å². The number of hydrogen-bond acceptors (Lipinski definition) is 4. The highest BCUT2D eigenvalue weighted by atomic mass is 16.5. The number of nitrogens with one attached hydrogen (secondary N) is 1. The van der Waals surface area contributed by atoms with Crippen molar-refractivity contribution in [2.24, 2.45) is 0 Å². The molecule has 7 heteroatoms. The molecule has 0 bridgehead atoms. The summed E-state index contributed by atoms with van der Waals surface area (Å²) in [4.78, 5) is 17.5. The molecule has 3 aromatic heterocycles. The van der Waals surface area contributed by atoms with Crippen molar-refractivity contribution in [3.63, 3.8) is 0 Å². The van der Waals surface area contributed by atoms with E-state index in [1.165, 1.54) is 4.52 Å². The van der Waals surface area contributed by atoms with Gasteiger partial charge in [0.2, 0.25) is 0 Å². The standard InChI is InChI=1S/C21H23N5O2/c1-13(12-25-14(2)9-10-22-25)18-11-19(27)26-21(23-18)15(3)20(24-26)16-5-7-17(28-4)8-6-16/h5-11,13,24H,12H2,1-4H3/t13-/m0/s1. The van der Waals surface area contributed by atoms with Crippen LogP contribution in [0.25, 0.3) is 16.9 Å². The Hall–Kier alpha value is -3.35. The van der Waals surface area contributed by atoms with E-state index in [4.69, 9.17) is 9.72 Å². The van der Waals surface area contributed by atoms with Crippen molar-refractivity contribution in [1.82, 2.24) is 24.4 Å². The lowest BCUT2D eigenvalue weighted by atomic mass is 10.1. The Morgan fingerprint density at radius 1 is 1.18 bits per heavy atom.